The summed E-state index contributed by atoms with van der Waals surface area (Å²) in [7, 11) is 0. The second-order valence-electron chi connectivity index (χ2n) is 8.98. The smallest absolute Gasteiger partial charge is 0.226 e. The molecule has 1 fully saturated rings. The first kappa shape index (κ1) is 21.3. The minimum Gasteiger partial charge on any atom is -0.377 e. The van der Waals surface area contributed by atoms with E-state index in [1.807, 2.05) is 17.0 Å². The van der Waals surface area contributed by atoms with Gasteiger partial charge in [-0.2, -0.15) is 0 Å². The Labute approximate surface area is 204 Å². The predicted molar refractivity (Wildman–Crippen MR) is 134 cm³/mol. The molecule has 4 heterocycles. The molecule has 1 aromatic carbocycles. The number of carbonyl (C=O) groups is 1. The van der Waals surface area contributed by atoms with Crippen LogP contribution in [0.15, 0.2) is 18.5 Å². The molecule has 3 unspecified atom stereocenters. The van der Waals surface area contributed by atoms with Gasteiger partial charge in [-0.3, -0.25) is 4.79 Å². The molecule has 1 saturated heterocycles. The Morgan fingerprint density at radius 3 is 2.85 bits per heavy atom. The van der Waals surface area contributed by atoms with Crippen LogP contribution < -0.4 is 5.32 Å². The van der Waals surface area contributed by atoms with Crippen molar-refractivity contribution in [1.29, 1.82) is 0 Å². The molecule has 0 saturated carbocycles. The third-order valence-electron chi connectivity index (χ3n) is 6.71. The van der Waals surface area contributed by atoms with Crippen molar-refractivity contribution < 1.29 is 9.53 Å². The Morgan fingerprint density at radius 1 is 1.27 bits per heavy atom. The first-order chi connectivity index (χ1) is 16.0. The molecular weight excluding hydrogens is 478 g/mol. The highest BCUT2D eigenvalue weighted by molar-refractivity contribution is 7.19. The number of benzene rings is 1. The zero-order chi connectivity index (χ0) is 22.7. The summed E-state index contributed by atoms with van der Waals surface area (Å²) in [6, 6.07) is 4.22. The highest BCUT2D eigenvalue weighted by Crippen LogP contribution is 2.42. The Morgan fingerprint density at radius 2 is 2.09 bits per heavy atom. The van der Waals surface area contributed by atoms with Crippen LogP contribution in [0.1, 0.15) is 30.7 Å². The lowest BCUT2D eigenvalue weighted by atomic mass is 9.86. The van der Waals surface area contributed by atoms with Gasteiger partial charge in [-0.05, 0) is 50.8 Å². The Kier molecular flexibility index (Phi) is 5.32. The fourth-order valence-electron chi connectivity index (χ4n) is 5.07. The van der Waals surface area contributed by atoms with Gasteiger partial charge >= 0.3 is 0 Å². The number of nitrogens with zero attached hydrogens (tertiary/aromatic N) is 3. The number of ether oxygens (including phenoxy) is 1. The number of H-pyrrole nitrogens is 1. The van der Waals surface area contributed by atoms with E-state index in [9.17, 15) is 4.79 Å². The standard InChI is InChI=1S/C23H24ClN5O2S2/c1-11-8-31-9-12(2)29(11)23(30)13-3-4-14-18(5-13)32-22-20(14)21(25-10-26-22)27-16-7-19-17(28-33-19)6-15(16)24/h6-7,10-13,28H,3-5,8-9H2,1-2H3,(H,25,26,27). The van der Waals surface area contributed by atoms with Gasteiger partial charge < -0.3 is 19.3 Å². The molecule has 6 rings (SSSR count). The van der Waals surface area contributed by atoms with Gasteiger partial charge in [0.05, 0.1) is 51.6 Å². The molecule has 7 nitrogen and oxygen atoms in total. The summed E-state index contributed by atoms with van der Waals surface area (Å²) in [5, 5.41) is 5.15. The molecule has 0 bridgehead atoms. The summed E-state index contributed by atoms with van der Waals surface area (Å²) in [6.45, 7) is 5.37. The van der Waals surface area contributed by atoms with Crippen LogP contribution in [-0.4, -0.2) is 50.4 Å². The van der Waals surface area contributed by atoms with E-state index in [-0.39, 0.29) is 23.9 Å². The van der Waals surface area contributed by atoms with Crippen molar-refractivity contribution in [3.63, 3.8) is 0 Å². The van der Waals surface area contributed by atoms with Crippen molar-refractivity contribution >= 4 is 72.3 Å². The van der Waals surface area contributed by atoms with Crippen LogP contribution in [0.4, 0.5) is 11.5 Å². The van der Waals surface area contributed by atoms with Crippen LogP contribution in [0.2, 0.25) is 5.02 Å². The average molecular weight is 502 g/mol. The van der Waals surface area contributed by atoms with Crippen molar-refractivity contribution in [3.8, 4) is 0 Å². The zero-order valence-electron chi connectivity index (χ0n) is 18.4. The fraction of sp³-hybridized carbons (Fsp3) is 0.435. The predicted octanol–water partition coefficient (Wildman–Crippen LogP) is 5.37. The van der Waals surface area contributed by atoms with E-state index in [0.717, 1.165) is 51.2 Å². The van der Waals surface area contributed by atoms with E-state index in [2.05, 4.69) is 33.5 Å². The maximum Gasteiger partial charge on any atom is 0.226 e. The number of anilines is 2. The molecule has 3 atom stereocenters. The average Bonchev–Trinajstić information content (AvgIpc) is 3.16. The lowest BCUT2D eigenvalue weighted by Gasteiger charge is -2.41. The fourth-order valence-corrected chi connectivity index (χ4v) is 7.18. The molecule has 172 valence electrons. The third-order valence-corrected chi connectivity index (χ3v) is 9.06. The van der Waals surface area contributed by atoms with E-state index in [1.54, 1.807) is 29.2 Å². The summed E-state index contributed by atoms with van der Waals surface area (Å²) < 4.78 is 9.95. The van der Waals surface area contributed by atoms with Gasteiger partial charge in [-0.25, -0.2) is 9.97 Å². The van der Waals surface area contributed by atoms with Crippen LogP contribution in [0.3, 0.4) is 0 Å². The summed E-state index contributed by atoms with van der Waals surface area (Å²) in [6.07, 6.45) is 4.04. The van der Waals surface area contributed by atoms with Gasteiger partial charge in [0.15, 0.2) is 0 Å². The zero-order valence-corrected chi connectivity index (χ0v) is 20.7. The number of aryl methyl sites for hydroxylation is 1. The molecule has 1 aliphatic carbocycles. The van der Waals surface area contributed by atoms with Crippen LogP contribution in [0.5, 0.6) is 0 Å². The first-order valence-corrected chi connectivity index (χ1v) is 13.2. The summed E-state index contributed by atoms with van der Waals surface area (Å²) in [4.78, 5) is 26.8. The highest BCUT2D eigenvalue weighted by atomic mass is 35.5. The number of halogens is 1. The largest absolute Gasteiger partial charge is 0.377 e. The van der Waals surface area contributed by atoms with Crippen molar-refractivity contribution in [1.82, 2.24) is 19.2 Å². The minimum absolute atomic E-state index is 0.00450. The number of fused-ring (bicyclic) bond motifs is 4. The number of thiophene rings is 1. The van der Waals surface area contributed by atoms with Crippen molar-refractivity contribution in [3.05, 3.63) is 33.9 Å². The lowest BCUT2D eigenvalue weighted by molar-refractivity contribution is -0.149. The molecular formula is C23H24ClN5O2S2. The number of aromatic amines is 1. The van der Waals surface area contributed by atoms with Gasteiger partial charge in [0, 0.05) is 10.8 Å². The number of hydrogen-bond donors (Lipinski definition) is 2. The van der Waals surface area contributed by atoms with Crippen LogP contribution in [0.25, 0.3) is 20.4 Å². The molecule has 0 radical (unpaired) electrons. The number of carbonyl (C=O) groups excluding carboxylic acids is 1. The monoisotopic (exact) mass is 501 g/mol. The quantitative estimate of drug-likeness (QED) is 0.394. The van der Waals surface area contributed by atoms with E-state index in [1.165, 1.54) is 10.4 Å². The number of hydrogen-bond acceptors (Lipinski definition) is 7. The molecule has 33 heavy (non-hydrogen) atoms. The Balaban J connectivity index is 1.30. The van der Waals surface area contributed by atoms with Crippen molar-refractivity contribution in [2.45, 2.75) is 45.2 Å². The van der Waals surface area contributed by atoms with Crippen molar-refractivity contribution in [2.24, 2.45) is 5.92 Å². The Hall–Kier alpha value is -2.20. The lowest BCUT2D eigenvalue weighted by Crippen LogP contribution is -2.54. The molecule has 2 N–H and O–H groups in total. The minimum atomic E-state index is 0.00450. The highest BCUT2D eigenvalue weighted by Gasteiger charge is 2.36. The van der Waals surface area contributed by atoms with Gasteiger partial charge in [0.2, 0.25) is 5.91 Å². The van der Waals surface area contributed by atoms with Crippen molar-refractivity contribution in [2.75, 3.05) is 18.5 Å². The second-order valence-corrected chi connectivity index (χ2v) is 11.3. The summed E-state index contributed by atoms with van der Waals surface area (Å²) in [5.74, 6) is 1.03. The molecule has 1 aliphatic heterocycles. The van der Waals surface area contributed by atoms with E-state index < -0.39 is 0 Å². The van der Waals surface area contributed by atoms with Gasteiger partial charge in [0.25, 0.3) is 0 Å². The number of aromatic nitrogens is 3. The van der Waals surface area contributed by atoms with Crippen LogP contribution >= 0.6 is 34.5 Å². The normalized spacial score (nSPS) is 23.2. The number of morpholine rings is 1. The van der Waals surface area contributed by atoms with Gasteiger partial charge in [-0.15, -0.1) is 11.3 Å². The van der Waals surface area contributed by atoms with Gasteiger partial charge in [0.1, 0.15) is 17.0 Å². The molecule has 2 aliphatic rings. The maximum absolute atomic E-state index is 13.4. The molecule has 3 aromatic heterocycles. The number of amides is 1. The molecule has 4 aromatic rings. The topological polar surface area (TPSA) is 83.1 Å². The second kappa shape index (κ2) is 8.23. The third kappa shape index (κ3) is 3.62. The molecule has 0 spiro atoms. The molecule has 10 heteroatoms. The van der Waals surface area contributed by atoms with Gasteiger partial charge in [-0.1, -0.05) is 23.1 Å². The maximum atomic E-state index is 13.4. The Bertz CT molecular complexity index is 1350. The SMILES string of the molecule is CC1COCC(C)N1C(=O)C1CCc2c(sc3ncnc(Nc4cc5s[nH]c5cc4Cl)c23)C1. The van der Waals surface area contributed by atoms with Crippen LogP contribution in [0, 0.1) is 5.92 Å². The van der Waals surface area contributed by atoms with E-state index in [0.29, 0.717) is 18.2 Å². The number of nitrogens with one attached hydrogen (secondary N) is 2. The van der Waals surface area contributed by atoms with Crippen LogP contribution in [-0.2, 0) is 22.4 Å². The summed E-state index contributed by atoms with van der Waals surface area (Å²) >= 11 is 9.77. The first-order valence-electron chi connectivity index (χ1n) is 11.2. The summed E-state index contributed by atoms with van der Waals surface area (Å²) in [5.41, 5.74) is 3.15. The van der Waals surface area contributed by atoms with E-state index >= 15 is 0 Å². The van der Waals surface area contributed by atoms with E-state index in [4.69, 9.17) is 16.3 Å². The number of rotatable bonds is 3. The molecule has 1 amide bonds.